The molecule has 0 spiro atoms. The zero-order valence-corrected chi connectivity index (χ0v) is 24.6. The number of nitrogens with one attached hydrogen (secondary N) is 2. The number of ether oxygens (including phenoxy) is 1. The Morgan fingerprint density at radius 3 is 2.11 bits per heavy atom. The minimum absolute atomic E-state index is 0.0207. The van der Waals surface area contributed by atoms with E-state index in [9.17, 15) is 19.2 Å². The second-order valence-corrected chi connectivity index (χ2v) is 11.7. The van der Waals surface area contributed by atoms with E-state index in [2.05, 4.69) is 24.5 Å². The summed E-state index contributed by atoms with van der Waals surface area (Å²) in [7, 11) is 0. The maximum Gasteiger partial charge on any atom is 0.408 e. The molecule has 1 aromatic rings. The third kappa shape index (κ3) is 11.5. The highest BCUT2D eigenvalue weighted by atomic mass is 16.6. The van der Waals surface area contributed by atoms with Gasteiger partial charge in [-0.05, 0) is 79.2 Å². The molecule has 1 rings (SSSR count). The van der Waals surface area contributed by atoms with Crippen molar-refractivity contribution in [1.29, 1.82) is 0 Å². The number of amides is 4. The van der Waals surface area contributed by atoms with Crippen molar-refractivity contribution in [3.63, 3.8) is 0 Å². The number of carbonyl (C=O) groups is 4. The Labute approximate surface area is 228 Å². The first kappa shape index (κ1) is 32.9. The van der Waals surface area contributed by atoms with Crippen molar-refractivity contribution in [2.75, 3.05) is 0 Å². The number of nitrogens with two attached hydrogens (primary N) is 1. The standard InChI is InChI=1S/C29H48N4O5/c1-18(2)13-14-21(6)33(25(26(35)31-19(3)4)22-12-10-11-20(5)17-22)27(36)23(15-16-24(30)34)32-28(37)38-29(7,8)9/h10-12,17-19,21,23,25H,13-16H2,1-9H3,(H2,30,34)(H,31,35)(H,32,37). The molecule has 38 heavy (non-hydrogen) atoms. The summed E-state index contributed by atoms with van der Waals surface area (Å²) in [6.45, 7) is 16.9. The summed E-state index contributed by atoms with van der Waals surface area (Å²) in [4.78, 5) is 53.8. The van der Waals surface area contributed by atoms with Gasteiger partial charge in [0.1, 0.15) is 17.7 Å². The van der Waals surface area contributed by atoms with Crippen LogP contribution in [0.25, 0.3) is 0 Å². The van der Waals surface area contributed by atoms with Crippen LogP contribution in [0.1, 0.15) is 98.2 Å². The van der Waals surface area contributed by atoms with E-state index >= 15 is 0 Å². The highest BCUT2D eigenvalue weighted by Crippen LogP contribution is 2.29. The number of benzene rings is 1. The van der Waals surface area contributed by atoms with Gasteiger partial charge in [0.2, 0.25) is 17.7 Å². The molecule has 4 N–H and O–H groups in total. The van der Waals surface area contributed by atoms with Gasteiger partial charge in [0.15, 0.2) is 0 Å². The lowest BCUT2D eigenvalue weighted by Gasteiger charge is -2.39. The van der Waals surface area contributed by atoms with Crippen LogP contribution in [0.5, 0.6) is 0 Å². The fourth-order valence-corrected chi connectivity index (χ4v) is 4.13. The average molecular weight is 533 g/mol. The Balaban J connectivity index is 3.62. The lowest BCUT2D eigenvalue weighted by Crippen LogP contribution is -2.56. The smallest absolute Gasteiger partial charge is 0.408 e. The van der Waals surface area contributed by atoms with E-state index in [-0.39, 0.29) is 30.8 Å². The van der Waals surface area contributed by atoms with Crippen LogP contribution in [-0.2, 0) is 19.1 Å². The highest BCUT2D eigenvalue weighted by molar-refractivity contribution is 5.92. The summed E-state index contributed by atoms with van der Waals surface area (Å²) in [5.41, 5.74) is 6.22. The van der Waals surface area contributed by atoms with Gasteiger partial charge in [-0.1, -0.05) is 43.7 Å². The number of aryl methyl sites for hydroxylation is 1. The number of primary amides is 1. The third-order valence-electron chi connectivity index (χ3n) is 5.87. The first-order chi connectivity index (χ1) is 17.5. The number of alkyl carbamates (subject to hydrolysis) is 1. The largest absolute Gasteiger partial charge is 0.444 e. The molecule has 0 saturated heterocycles. The lowest BCUT2D eigenvalue weighted by atomic mass is 9.95. The first-order valence-electron chi connectivity index (χ1n) is 13.5. The van der Waals surface area contributed by atoms with E-state index in [1.54, 1.807) is 25.7 Å². The van der Waals surface area contributed by atoms with Crippen LogP contribution in [0.4, 0.5) is 4.79 Å². The van der Waals surface area contributed by atoms with Gasteiger partial charge in [-0.25, -0.2) is 4.79 Å². The van der Waals surface area contributed by atoms with Crippen LogP contribution in [0, 0.1) is 12.8 Å². The maximum absolute atomic E-state index is 14.3. The molecule has 0 radical (unpaired) electrons. The summed E-state index contributed by atoms with van der Waals surface area (Å²) in [5, 5.41) is 5.59. The molecule has 214 valence electrons. The van der Waals surface area contributed by atoms with Crippen LogP contribution >= 0.6 is 0 Å². The van der Waals surface area contributed by atoms with Gasteiger partial charge in [0.05, 0.1) is 0 Å². The molecule has 9 heteroatoms. The summed E-state index contributed by atoms with van der Waals surface area (Å²) in [6.07, 6.45) is 0.563. The molecular formula is C29H48N4O5. The average Bonchev–Trinajstić information content (AvgIpc) is 2.76. The van der Waals surface area contributed by atoms with Crippen LogP contribution in [0.3, 0.4) is 0 Å². The van der Waals surface area contributed by atoms with Gasteiger partial charge in [-0.2, -0.15) is 0 Å². The molecule has 0 fully saturated rings. The highest BCUT2D eigenvalue weighted by Gasteiger charge is 2.39. The van der Waals surface area contributed by atoms with Crippen LogP contribution in [-0.4, -0.2) is 52.4 Å². The van der Waals surface area contributed by atoms with Crippen LogP contribution in [0.15, 0.2) is 24.3 Å². The number of nitrogens with zero attached hydrogens (tertiary/aromatic N) is 1. The van der Waals surface area contributed by atoms with Crippen LogP contribution < -0.4 is 16.4 Å². The van der Waals surface area contributed by atoms with E-state index in [1.807, 2.05) is 52.0 Å². The molecule has 4 amide bonds. The topological polar surface area (TPSA) is 131 Å². The molecule has 0 saturated carbocycles. The fraction of sp³-hybridized carbons (Fsp3) is 0.655. The Kier molecular flexibility index (Phi) is 12.8. The first-order valence-corrected chi connectivity index (χ1v) is 13.5. The predicted octanol–water partition coefficient (Wildman–Crippen LogP) is 4.37. The molecule has 0 aliphatic carbocycles. The molecule has 0 aliphatic rings. The predicted molar refractivity (Wildman–Crippen MR) is 149 cm³/mol. The number of hydrogen-bond acceptors (Lipinski definition) is 5. The fourth-order valence-electron chi connectivity index (χ4n) is 4.13. The maximum atomic E-state index is 14.3. The molecule has 3 unspecified atom stereocenters. The van der Waals surface area contributed by atoms with Crippen molar-refractivity contribution < 1.29 is 23.9 Å². The Morgan fingerprint density at radius 1 is 0.974 bits per heavy atom. The minimum atomic E-state index is -1.11. The van der Waals surface area contributed by atoms with Gasteiger partial charge >= 0.3 is 6.09 Å². The van der Waals surface area contributed by atoms with Crippen molar-refractivity contribution in [3.05, 3.63) is 35.4 Å². The Morgan fingerprint density at radius 2 is 1.61 bits per heavy atom. The van der Waals surface area contributed by atoms with Crippen molar-refractivity contribution in [1.82, 2.24) is 15.5 Å². The van der Waals surface area contributed by atoms with Crippen LogP contribution in [0.2, 0.25) is 0 Å². The number of hydrogen-bond donors (Lipinski definition) is 3. The Hall–Kier alpha value is -3.10. The van der Waals surface area contributed by atoms with E-state index in [0.29, 0.717) is 17.9 Å². The molecule has 9 nitrogen and oxygen atoms in total. The van der Waals surface area contributed by atoms with Gasteiger partial charge < -0.3 is 26.0 Å². The molecule has 0 heterocycles. The van der Waals surface area contributed by atoms with Gasteiger partial charge in [-0.15, -0.1) is 0 Å². The van der Waals surface area contributed by atoms with Gasteiger partial charge in [-0.3, -0.25) is 14.4 Å². The molecule has 0 aliphatic heterocycles. The van der Waals surface area contributed by atoms with Crippen molar-refractivity contribution in [2.45, 2.75) is 118 Å². The summed E-state index contributed by atoms with van der Waals surface area (Å²) >= 11 is 0. The normalized spacial score (nSPS) is 14.0. The van der Waals surface area contributed by atoms with Crippen molar-refractivity contribution >= 4 is 23.8 Å². The van der Waals surface area contributed by atoms with Crippen molar-refractivity contribution in [2.24, 2.45) is 11.7 Å². The Bertz CT molecular complexity index is 955. The monoisotopic (exact) mass is 532 g/mol. The second-order valence-electron chi connectivity index (χ2n) is 11.7. The SMILES string of the molecule is Cc1cccc(C(C(=O)NC(C)C)N(C(=O)C(CCC(N)=O)NC(=O)OC(C)(C)C)C(C)CCC(C)C)c1. The van der Waals surface area contributed by atoms with E-state index in [1.165, 1.54) is 0 Å². The molecule has 1 aromatic carbocycles. The third-order valence-corrected chi connectivity index (χ3v) is 5.87. The number of carbonyl (C=O) groups excluding carboxylic acids is 4. The summed E-state index contributed by atoms with van der Waals surface area (Å²) in [6, 6.07) is 4.95. The summed E-state index contributed by atoms with van der Waals surface area (Å²) in [5.74, 6) is -0.997. The zero-order valence-electron chi connectivity index (χ0n) is 24.6. The van der Waals surface area contributed by atoms with E-state index in [4.69, 9.17) is 10.5 Å². The zero-order chi connectivity index (χ0) is 29.2. The minimum Gasteiger partial charge on any atom is -0.444 e. The van der Waals surface area contributed by atoms with E-state index in [0.717, 1.165) is 12.0 Å². The molecule has 3 atom stereocenters. The molecule has 0 bridgehead atoms. The van der Waals surface area contributed by atoms with E-state index < -0.39 is 35.6 Å². The lowest BCUT2D eigenvalue weighted by molar-refractivity contribution is -0.145. The second kappa shape index (κ2) is 14.7. The molecule has 0 aromatic heterocycles. The van der Waals surface area contributed by atoms with Crippen molar-refractivity contribution in [3.8, 4) is 0 Å². The molecular weight excluding hydrogens is 484 g/mol. The van der Waals surface area contributed by atoms with Gasteiger partial charge in [0, 0.05) is 18.5 Å². The number of rotatable bonds is 13. The quantitative estimate of drug-likeness (QED) is 0.347. The summed E-state index contributed by atoms with van der Waals surface area (Å²) < 4.78 is 5.39. The van der Waals surface area contributed by atoms with Gasteiger partial charge in [0.25, 0.3) is 0 Å².